The number of hydrogen-bond acceptors (Lipinski definition) is 0. The molecule has 0 fully saturated rings. The first-order chi connectivity index (χ1) is 13.2. The largest absolute Gasteiger partial charge is 1.00 e. The molecule has 0 N–H and O–H groups in total. The SMILES string of the molecule is CC(C)(C)C1=[C-]CC([Si](C)(C)C)=C1.CC(C)(C)C1=[C-]CC([Si](C)(C)C)=C1.C[Si](C)=[Ti+2].[Cl-].[Cl-]. The molecule has 184 valence electrons. The first-order valence-electron chi connectivity index (χ1n) is 11.3. The fourth-order valence-electron chi connectivity index (χ4n) is 2.86. The van der Waals surface area contributed by atoms with Crippen molar-refractivity contribution in [2.75, 3.05) is 0 Å². The van der Waals surface area contributed by atoms with Crippen LogP contribution in [-0.4, -0.2) is 22.3 Å². The summed E-state index contributed by atoms with van der Waals surface area (Å²) < 4.78 is 0. The van der Waals surface area contributed by atoms with Gasteiger partial charge in [-0.2, -0.15) is 10.4 Å². The van der Waals surface area contributed by atoms with Crippen LogP contribution in [0.4, 0.5) is 0 Å². The Hall–Kier alpha value is 0.905. The maximum absolute atomic E-state index is 3.51. The Labute approximate surface area is 228 Å². The third-order valence-corrected chi connectivity index (χ3v) is 9.61. The van der Waals surface area contributed by atoms with E-state index in [2.05, 4.69) is 137 Å². The average molecular weight is 564 g/mol. The third-order valence-electron chi connectivity index (χ3n) is 5.12. The van der Waals surface area contributed by atoms with Gasteiger partial charge < -0.3 is 24.8 Å². The molecule has 0 unspecified atom stereocenters. The van der Waals surface area contributed by atoms with E-state index in [-0.39, 0.29) is 41.8 Å². The van der Waals surface area contributed by atoms with Gasteiger partial charge in [-0.1, -0.05) is 80.8 Å². The first-order valence-corrected chi connectivity index (χ1v) is 23.2. The smallest absolute Gasteiger partial charge is 1.00 e. The minimum absolute atomic E-state index is 0. The maximum Gasteiger partial charge on any atom is -1.00 e. The molecule has 0 aromatic carbocycles. The van der Waals surface area contributed by atoms with E-state index < -0.39 is 16.1 Å². The monoisotopic (exact) mass is 562 g/mol. The summed E-state index contributed by atoms with van der Waals surface area (Å²) in [5, 5.41) is 3.30. The van der Waals surface area contributed by atoms with Crippen molar-refractivity contribution in [3.8, 4) is 0 Å². The molecule has 6 heteroatoms. The zero-order chi connectivity index (χ0) is 24.1. The summed E-state index contributed by atoms with van der Waals surface area (Å²) in [6.07, 6.45) is 14.1. The van der Waals surface area contributed by atoms with Gasteiger partial charge in [0.15, 0.2) is 0 Å². The van der Waals surface area contributed by atoms with E-state index in [0.717, 1.165) is 12.8 Å². The van der Waals surface area contributed by atoms with Crippen LogP contribution in [0.25, 0.3) is 0 Å². The molecule has 0 aliphatic heterocycles. The van der Waals surface area contributed by atoms with E-state index in [1.165, 1.54) is 11.1 Å². The van der Waals surface area contributed by atoms with Crippen LogP contribution in [0.15, 0.2) is 33.7 Å². The molecule has 0 amide bonds. The van der Waals surface area contributed by atoms with Crippen LogP contribution in [-0.2, 0) is 19.2 Å². The van der Waals surface area contributed by atoms with Crippen molar-refractivity contribution in [3.05, 3.63) is 45.8 Å². The van der Waals surface area contributed by atoms with Gasteiger partial charge in [-0.15, -0.1) is 12.8 Å². The molecule has 2 aliphatic carbocycles. The van der Waals surface area contributed by atoms with Crippen molar-refractivity contribution < 1.29 is 44.0 Å². The van der Waals surface area contributed by atoms with Gasteiger partial charge >= 0.3 is 38.5 Å². The molecule has 2 aliphatic rings. The van der Waals surface area contributed by atoms with Gasteiger partial charge in [0.1, 0.15) is 0 Å². The zero-order valence-electron chi connectivity index (χ0n) is 23.3. The zero-order valence-corrected chi connectivity index (χ0v) is 29.4. The van der Waals surface area contributed by atoms with E-state index in [4.69, 9.17) is 0 Å². The minimum Gasteiger partial charge on any atom is -1.00 e. The van der Waals surface area contributed by atoms with Gasteiger partial charge in [0.2, 0.25) is 0 Å². The van der Waals surface area contributed by atoms with Gasteiger partial charge in [-0.05, 0) is 10.8 Å². The molecular formula is C26H48Cl2Si3Ti-2. The van der Waals surface area contributed by atoms with Crippen molar-refractivity contribution in [2.24, 2.45) is 10.8 Å². The summed E-state index contributed by atoms with van der Waals surface area (Å²) in [5.41, 5.74) is 3.37. The molecule has 0 saturated carbocycles. The summed E-state index contributed by atoms with van der Waals surface area (Å²) in [7, 11) is -2.13. The third kappa shape index (κ3) is 15.0. The predicted octanol–water partition coefficient (Wildman–Crippen LogP) is 2.73. The summed E-state index contributed by atoms with van der Waals surface area (Å²) in [4.78, 5) is 0. The predicted molar refractivity (Wildman–Crippen MR) is 142 cm³/mol. The summed E-state index contributed by atoms with van der Waals surface area (Å²) >= 11 is 2.27. The molecule has 0 heterocycles. The van der Waals surface area contributed by atoms with Crippen LogP contribution in [0.2, 0.25) is 52.4 Å². The second-order valence-electron chi connectivity index (χ2n) is 12.9. The molecule has 0 aromatic heterocycles. The Bertz CT molecular complexity index is 671. The van der Waals surface area contributed by atoms with Gasteiger partial charge in [0.25, 0.3) is 0 Å². The Morgan fingerprint density at radius 3 is 1.00 bits per heavy atom. The molecule has 32 heavy (non-hydrogen) atoms. The molecule has 0 radical (unpaired) electrons. The molecule has 0 atom stereocenters. The van der Waals surface area contributed by atoms with Gasteiger partial charge in [0, 0.05) is 0 Å². The van der Waals surface area contributed by atoms with Crippen LogP contribution in [0.1, 0.15) is 54.4 Å². The Balaban J connectivity index is -0.000000428. The fourth-order valence-corrected chi connectivity index (χ4v) is 5.25. The summed E-state index contributed by atoms with van der Waals surface area (Å²) in [6, 6.07) is 0. The Morgan fingerprint density at radius 2 is 0.906 bits per heavy atom. The normalized spacial score (nSPS) is 16.0. The molecular weight excluding hydrogens is 515 g/mol. The van der Waals surface area contributed by atoms with Crippen molar-refractivity contribution in [1.82, 2.24) is 0 Å². The Morgan fingerprint density at radius 1 is 0.688 bits per heavy atom. The number of allylic oxidation sites excluding steroid dienone is 8. The van der Waals surface area contributed by atoms with Gasteiger partial charge in [0.05, 0.1) is 16.1 Å². The van der Waals surface area contributed by atoms with E-state index in [9.17, 15) is 0 Å². The van der Waals surface area contributed by atoms with Crippen LogP contribution in [0.3, 0.4) is 0 Å². The second kappa shape index (κ2) is 14.5. The molecule has 2 rings (SSSR count). The van der Waals surface area contributed by atoms with Gasteiger partial charge in [-0.25, -0.2) is 23.3 Å². The average Bonchev–Trinajstić information content (AvgIpc) is 3.15. The van der Waals surface area contributed by atoms with Crippen molar-refractivity contribution in [3.63, 3.8) is 0 Å². The van der Waals surface area contributed by atoms with Crippen LogP contribution >= 0.6 is 0 Å². The number of hydrogen-bond donors (Lipinski definition) is 0. The summed E-state index contributed by atoms with van der Waals surface area (Å²) in [5.74, 6) is 0. The van der Waals surface area contributed by atoms with E-state index >= 15 is 0 Å². The number of halogens is 2. The number of rotatable bonds is 2. The fraction of sp³-hybridized carbons (Fsp3) is 0.692. The summed E-state index contributed by atoms with van der Waals surface area (Å²) in [6.45, 7) is 32.6. The van der Waals surface area contributed by atoms with Gasteiger partial charge in [-0.3, -0.25) is 12.2 Å². The Kier molecular flexibility index (Phi) is 16.9. The van der Waals surface area contributed by atoms with Crippen LogP contribution < -0.4 is 24.8 Å². The first kappa shape index (κ1) is 37.5. The molecule has 0 saturated heterocycles. The van der Waals surface area contributed by atoms with E-state index in [0.29, 0.717) is 0 Å². The van der Waals surface area contributed by atoms with E-state index in [1.54, 1.807) is 10.4 Å². The minimum atomic E-state index is -1.07. The topological polar surface area (TPSA) is 0 Å². The molecule has 0 bridgehead atoms. The standard InChI is InChI=1S/2C12H21Si.C2H6Si.2ClH.Ti/c2*1-12(2,3)10-7-8-11(9-10)13(4,5)6;1-3-2;;;/h2*9H,8H2,1-6H3;1-2H3;2*1H;/q2*-1;;;;+2/p-2. The van der Waals surface area contributed by atoms with Crippen molar-refractivity contribution >= 4 is 22.3 Å². The molecule has 0 aromatic rings. The molecule has 0 nitrogen and oxygen atoms in total. The van der Waals surface area contributed by atoms with Crippen LogP contribution in [0.5, 0.6) is 0 Å². The molecule has 0 spiro atoms. The quantitative estimate of drug-likeness (QED) is 0.358. The maximum atomic E-state index is 3.51. The van der Waals surface area contributed by atoms with Crippen LogP contribution in [0, 0.1) is 23.0 Å². The van der Waals surface area contributed by atoms with Crippen molar-refractivity contribution in [1.29, 1.82) is 0 Å². The van der Waals surface area contributed by atoms with E-state index in [1.807, 2.05) is 0 Å². The van der Waals surface area contributed by atoms with Crippen molar-refractivity contribution in [2.45, 2.75) is 107 Å². The second-order valence-corrected chi connectivity index (χ2v) is 29.8.